The van der Waals surface area contributed by atoms with Crippen molar-refractivity contribution < 1.29 is 23.8 Å². The van der Waals surface area contributed by atoms with Gasteiger partial charge in [0.25, 0.3) is 5.91 Å². The van der Waals surface area contributed by atoms with Gasteiger partial charge in [-0.1, -0.05) is 5.16 Å². The van der Waals surface area contributed by atoms with Crippen LogP contribution in [-0.4, -0.2) is 54.4 Å². The number of aryl methyl sites for hydroxylation is 2. The van der Waals surface area contributed by atoms with Gasteiger partial charge in [-0.05, 0) is 49.7 Å². The molecule has 1 amide bonds. The number of carbonyl (C=O) groups excluding carboxylic acids is 1. The number of ether oxygens (including phenoxy) is 3. The van der Waals surface area contributed by atoms with E-state index >= 15 is 0 Å². The zero-order chi connectivity index (χ0) is 24.7. The van der Waals surface area contributed by atoms with Crippen molar-refractivity contribution in [2.45, 2.75) is 20.4 Å². The fourth-order valence-corrected chi connectivity index (χ4v) is 3.23. The Morgan fingerprint density at radius 2 is 1.79 bits per heavy atom. The van der Waals surface area contributed by atoms with Crippen LogP contribution in [0.4, 0.5) is 0 Å². The molecule has 0 saturated heterocycles. The van der Waals surface area contributed by atoms with Crippen LogP contribution in [0.5, 0.6) is 17.2 Å². The molecule has 0 aliphatic carbocycles. The number of benzene rings is 1. The van der Waals surface area contributed by atoms with Gasteiger partial charge in [-0.3, -0.25) is 4.79 Å². The van der Waals surface area contributed by atoms with Crippen molar-refractivity contribution in [1.29, 1.82) is 0 Å². The van der Waals surface area contributed by atoms with E-state index in [2.05, 4.69) is 20.6 Å². The van der Waals surface area contributed by atoms with Gasteiger partial charge in [-0.2, -0.15) is 5.10 Å². The van der Waals surface area contributed by atoms with Gasteiger partial charge in [0.15, 0.2) is 29.8 Å². The van der Waals surface area contributed by atoms with Crippen molar-refractivity contribution in [1.82, 2.24) is 20.1 Å². The highest BCUT2D eigenvalue weighted by Crippen LogP contribution is 2.38. The molecular weight excluding hydrogens is 440 g/mol. The number of aromatic nitrogens is 3. The van der Waals surface area contributed by atoms with E-state index in [0.29, 0.717) is 28.6 Å². The van der Waals surface area contributed by atoms with Crippen molar-refractivity contribution in [3.05, 3.63) is 59.0 Å². The Morgan fingerprint density at radius 1 is 1.09 bits per heavy atom. The molecule has 34 heavy (non-hydrogen) atoms. The molecule has 0 fully saturated rings. The summed E-state index contributed by atoms with van der Waals surface area (Å²) >= 11 is 0. The Bertz CT molecular complexity index is 1150. The Morgan fingerprint density at radius 3 is 2.32 bits per heavy atom. The molecule has 1 aromatic carbocycles. The number of carbonyl (C=O) groups is 1. The zero-order valence-corrected chi connectivity index (χ0v) is 19.8. The molecule has 0 unspecified atom stereocenters. The quantitative estimate of drug-likeness (QED) is 0.262. The molecule has 0 aliphatic rings. The van der Waals surface area contributed by atoms with E-state index in [1.54, 1.807) is 35.1 Å². The van der Waals surface area contributed by atoms with Crippen LogP contribution < -0.4 is 25.3 Å². The number of nitrogens with two attached hydrogens (primary N) is 1. The molecule has 11 nitrogen and oxygen atoms in total. The van der Waals surface area contributed by atoms with Crippen LogP contribution in [0, 0.1) is 13.8 Å². The Labute approximate surface area is 197 Å². The molecule has 3 aromatic rings. The van der Waals surface area contributed by atoms with Crippen LogP contribution in [0.15, 0.2) is 41.7 Å². The third-order valence-electron chi connectivity index (χ3n) is 4.84. The lowest BCUT2D eigenvalue weighted by Gasteiger charge is -2.14. The van der Waals surface area contributed by atoms with E-state index in [1.807, 2.05) is 19.9 Å². The smallest absolute Gasteiger partial charge is 0.261 e. The highest BCUT2D eigenvalue weighted by molar-refractivity contribution is 5.96. The molecule has 0 atom stereocenters. The minimum atomic E-state index is -0.372. The van der Waals surface area contributed by atoms with Gasteiger partial charge in [0.2, 0.25) is 5.75 Å². The van der Waals surface area contributed by atoms with Gasteiger partial charge in [0.1, 0.15) is 0 Å². The van der Waals surface area contributed by atoms with Crippen molar-refractivity contribution in [2.24, 2.45) is 10.9 Å². The first kappa shape index (κ1) is 24.4. The summed E-state index contributed by atoms with van der Waals surface area (Å²) in [6.07, 6.45) is 1.57. The largest absolute Gasteiger partial charge is 0.493 e. The maximum absolute atomic E-state index is 12.1. The maximum atomic E-state index is 12.1. The topological polar surface area (TPSA) is 135 Å². The van der Waals surface area contributed by atoms with E-state index < -0.39 is 0 Å². The second-order valence-corrected chi connectivity index (χ2v) is 7.30. The van der Waals surface area contributed by atoms with Crippen LogP contribution in [0.1, 0.15) is 22.5 Å². The number of methoxy groups -OCH3 is 3. The van der Waals surface area contributed by atoms with Crippen LogP contribution >= 0.6 is 0 Å². The maximum Gasteiger partial charge on any atom is 0.261 e. The summed E-state index contributed by atoms with van der Waals surface area (Å²) in [6, 6.07) is 9.00. The fourth-order valence-electron chi connectivity index (χ4n) is 3.23. The monoisotopic (exact) mass is 468 g/mol. The van der Waals surface area contributed by atoms with Crippen LogP contribution in [0.3, 0.4) is 0 Å². The van der Waals surface area contributed by atoms with Gasteiger partial charge in [-0.25, -0.2) is 9.67 Å². The Hall–Kier alpha value is -4.28. The highest BCUT2D eigenvalue weighted by Gasteiger charge is 2.14. The third-order valence-corrected chi connectivity index (χ3v) is 4.84. The van der Waals surface area contributed by atoms with Crippen LogP contribution in [-0.2, 0) is 16.2 Å². The molecule has 3 rings (SSSR count). The highest BCUT2D eigenvalue weighted by atomic mass is 16.6. The van der Waals surface area contributed by atoms with E-state index in [-0.39, 0.29) is 24.9 Å². The predicted octanol–water partition coefficient (Wildman–Crippen LogP) is 1.86. The summed E-state index contributed by atoms with van der Waals surface area (Å²) in [6.45, 7) is 3.80. The summed E-state index contributed by atoms with van der Waals surface area (Å²) in [5.74, 6) is 1.86. The molecular formula is C23H28N6O5. The lowest BCUT2D eigenvalue weighted by Crippen LogP contribution is -2.27. The number of nitrogens with zero attached hydrogens (tertiary/aromatic N) is 4. The first-order valence-electron chi connectivity index (χ1n) is 10.4. The average Bonchev–Trinajstić information content (AvgIpc) is 3.19. The van der Waals surface area contributed by atoms with Gasteiger partial charge in [-0.15, -0.1) is 0 Å². The molecule has 0 spiro atoms. The molecule has 11 heteroatoms. The van der Waals surface area contributed by atoms with Gasteiger partial charge in [0, 0.05) is 24.0 Å². The number of pyridine rings is 1. The summed E-state index contributed by atoms with van der Waals surface area (Å²) in [4.78, 5) is 21.6. The first-order chi connectivity index (χ1) is 16.4. The van der Waals surface area contributed by atoms with E-state index in [4.69, 9.17) is 24.8 Å². The molecule has 2 aromatic heterocycles. The molecule has 0 aliphatic heterocycles. The number of amidine groups is 1. The Balaban J connectivity index is 1.54. The van der Waals surface area contributed by atoms with Crippen LogP contribution in [0.2, 0.25) is 0 Å². The van der Waals surface area contributed by atoms with Gasteiger partial charge >= 0.3 is 0 Å². The zero-order valence-electron chi connectivity index (χ0n) is 19.8. The van der Waals surface area contributed by atoms with E-state index in [1.165, 1.54) is 21.3 Å². The number of amides is 1. The second kappa shape index (κ2) is 11.0. The molecule has 180 valence electrons. The third kappa shape index (κ3) is 5.74. The van der Waals surface area contributed by atoms with Crippen molar-refractivity contribution >= 4 is 11.7 Å². The predicted molar refractivity (Wildman–Crippen MR) is 125 cm³/mol. The summed E-state index contributed by atoms with van der Waals surface area (Å²) in [5.41, 5.74) is 9.15. The SMILES string of the molecule is COc1cc(CNC(=O)CO/N=C(/N)c2ccc(-n3nc(C)cc3C)nc2)cc(OC)c1OC. The van der Waals surface area contributed by atoms with Crippen molar-refractivity contribution in [2.75, 3.05) is 27.9 Å². The normalized spacial score (nSPS) is 11.1. The second-order valence-electron chi connectivity index (χ2n) is 7.30. The van der Waals surface area contributed by atoms with Crippen LogP contribution in [0.25, 0.3) is 5.82 Å². The van der Waals surface area contributed by atoms with Gasteiger partial charge < -0.3 is 30.1 Å². The minimum Gasteiger partial charge on any atom is -0.493 e. The van der Waals surface area contributed by atoms with Crippen molar-refractivity contribution in [3.63, 3.8) is 0 Å². The van der Waals surface area contributed by atoms with E-state index in [9.17, 15) is 4.79 Å². The standard InChI is InChI=1S/C23H28N6O5/c1-14-8-15(2)29(27-14)20-7-6-17(12-25-20)23(24)28-34-13-21(30)26-11-16-9-18(31-3)22(33-5)19(10-16)32-4/h6-10,12H,11,13H2,1-5H3,(H2,24,28)(H,26,30). The lowest BCUT2D eigenvalue weighted by atomic mass is 10.1. The van der Waals surface area contributed by atoms with Gasteiger partial charge in [0.05, 0.1) is 27.0 Å². The number of nitrogens with one attached hydrogen (secondary N) is 1. The summed E-state index contributed by atoms with van der Waals surface area (Å²) in [5, 5.41) is 10.9. The molecule has 0 bridgehead atoms. The number of hydrogen-bond donors (Lipinski definition) is 2. The van der Waals surface area contributed by atoms with Crippen molar-refractivity contribution in [3.8, 4) is 23.1 Å². The molecule has 2 heterocycles. The minimum absolute atomic E-state index is 0.102. The molecule has 0 radical (unpaired) electrons. The first-order valence-corrected chi connectivity index (χ1v) is 10.4. The van der Waals surface area contributed by atoms with E-state index in [0.717, 1.165) is 17.0 Å². The number of oxime groups is 1. The number of rotatable bonds is 10. The molecule has 3 N–H and O–H groups in total. The Kier molecular flexibility index (Phi) is 7.91. The lowest BCUT2D eigenvalue weighted by molar-refractivity contribution is -0.125. The molecule has 0 saturated carbocycles. The average molecular weight is 469 g/mol. The summed E-state index contributed by atoms with van der Waals surface area (Å²) < 4.78 is 17.7. The summed E-state index contributed by atoms with van der Waals surface area (Å²) in [7, 11) is 4.58. The number of hydrogen-bond acceptors (Lipinski definition) is 8. The fraction of sp³-hybridized carbons (Fsp3) is 0.304.